The topological polar surface area (TPSA) is 34.1 Å². The molecular formula is C14H12O2. The number of carbonyl (C=O) groups is 2. The van der Waals surface area contributed by atoms with Crippen LogP contribution in [0, 0.1) is 0 Å². The Kier molecular flexibility index (Phi) is 2.82. The van der Waals surface area contributed by atoms with Gasteiger partial charge in [-0.2, -0.15) is 0 Å². The van der Waals surface area contributed by atoms with Crippen LogP contribution in [0.5, 0.6) is 0 Å². The lowest BCUT2D eigenvalue weighted by molar-refractivity contribution is -0.107. The Morgan fingerprint density at radius 3 is 2.44 bits per heavy atom. The van der Waals surface area contributed by atoms with Gasteiger partial charge in [0.2, 0.25) is 0 Å². The zero-order valence-corrected chi connectivity index (χ0v) is 9.07. The van der Waals surface area contributed by atoms with Crippen LogP contribution in [0.1, 0.15) is 22.8 Å². The second-order valence-corrected chi connectivity index (χ2v) is 3.74. The summed E-state index contributed by atoms with van der Waals surface area (Å²) in [6.45, 7) is 1.56. The van der Waals surface area contributed by atoms with E-state index in [2.05, 4.69) is 0 Å². The Morgan fingerprint density at radius 2 is 1.81 bits per heavy atom. The summed E-state index contributed by atoms with van der Waals surface area (Å²) in [4.78, 5) is 22.0. The fraction of sp³-hybridized carbons (Fsp3) is 0.143. The van der Waals surface area contributed by atoms with Gasteiger partial charge < -0.3 is 4.79 Å². The molecular weight excluding hydrogens is 200 g/mol. The normalized spacial score (nSPS) is 10.3. The first-order valence-corrected chi connectivity index (χ1v) is 5.19. The van der Waals surface area contributed by atoms with Crippen LogP contribution in [0.3, 0.4) is 0 Å². The first-order valence-electron chi connectivity index (χ1n) is 5.19. The molecule has 0 aliphatic heterocycles. The minimum atomic E-state index is 0.0499. The van der Waals surface area contributed by atoms with E-state index >= 15 is 0 Å². The third-order valence-corrected chi connectivity index (χ3v) is 2.70. The van der Waals surface area contributed by atoms with Gasteiger partial charge in [0.1, 0.15) is 6.29 Å². The summed E-state index contributed by atoms with van der Waals surface area (Å²) in [5, 5.41) is 1.91. The molecule has 0 aliphatic rings. The van der Waals surface area contributed by atoms with Crippen molar-refractivity contribution in [3.63, 3.8) is 0 Å². The molecule has 0 unspecified atom stereocenters. The first kappa shape index (κ1) is 10.6. The Bertz CT molecular complexity index is 556. The molecule has 0 saturated carbocycles. The summed E-state index contributed by atoms with van der Waals surface area (Å²) in [6, 6.07) is 11.3. The zero-order chi connectivity index (χ0) is 11.5. The number of ketones is 1. The molecule has 2 heteroatoms. The van der Waals surface area contributed by atoms with Crippen LogP contribution < -0.4 is 0 Å². The lowest BCUT2D eigenvalue weighted by Crippen LogP contribution is -1.96. The maximum atomic E-state index is 11.5. The van der Waals surface area contributed by atoms with Crippen LogP contribution in [0.25, 0.3) is 10.8 Å². The molecule has 0 saturated heterocycles. The highest BCUT2D eigenvalue weighted by Crippen LogP contribution is 2.23. The number of benzene rings is 2. The molecule has 2 rings (SSSR count). The van der Waals surface area contributed by atoms with Crippen LogP contribution in [0.4, 0.5) is 0 Å². The number of rotatable bonds is 3. The molecule has 2 aromatic rings. The van der Waals surface area contributed by atoms with Crippen molar-refractivity contribution in [3.8, 4) is 0 Å². The van der Waals surface area contributed by atoms with Gasteiger partial charge in [0, 0.05) is 12.0 Å². The Hall–Kier alpha value is -1.96. The van der Waals surface area contributed by atoms with Gasteiger partial charge in [-0.25, -0.2) is 0 Å². The molecule has 16 heavy (non-hydrogen) atoms. The molecule has 0 amide bonds. The molecule has 0 fully saturated rings. The van der Waals surface area contributed by atoms with E-state index < -0.39 is 0 Å². The minimum absolute atomic E-state index is 0.0499. The van der Waals surface area contributed by atoms with Crippen molar-refractivity contribution in [3.05, 3.63) is 47.5 Å². The standard InChI is InChI=1S/C14H12O2/c1-10(16)12-7-6-11(8-9-15)13-4-2-3-5-14(12)13/h2-7,9H,8H2,1H3. The van der Waals surface area contributed by atoms with Gasteiger partial charge in [0.25, 0.3) is 0 Å². The van der Waals surface area contributed by atoms with E-state index in [4.69, 9.17) is 0 Å². The number of hydrogen-bond acceptors (Lipinski definition) is 2. The first-order chi connectivity index (χ1) is 7.74. The summed E-state index contributed by atoms with van der Waals surface area (Å²) in [6.07, 6.45) is 1.27. The maximum Gasteiger partial charge on any atom is 0.160 e. The molecule has 0 radical (unpaired) electrons. The average Bonchev–Trinajstić information content (AvgIpc) is 2.29. The number of fused-ring (bicyclic) bond motifs is 1. The number of aldehydes is 1. The van der Waals surface area contributed by atoms with Gasteiger partial charge in [0.15, 0.2) is 5.78 Å². The van der Waals surface area contributed by atoms with Crippen molar-refractivity contribution in [1.82, 2.24) is 0 Å². The summed E-state index contributed by atoms with van der Waals surface area (Å²) in [7, 11) is 0. The van der Waals surface area contributed by atoms with Crippen molar-refractivity contribution in [2.45, 2.75) is 13.3 Å². The molecule has 80 valence electrons. The fourth-order valence-electron chi connectivity index (χ4n) is 1.94. The Morgan fingerprint density at radius 1 is 1.12 bits per heavy atom. The summed E-state index contributed by atoms with van der Waals surface area (Å²) >= 11 is 0. The van der Waals surface area contributed by atoms with Gasteiger partial charge in [-0.1, -0.05) is 36.4 Å². The van der Waals surface area contributed by atoms with E-state index in [9.17, 15) is 9.59 Å². The third-order valence-electron chi connectivity index (χ3n) is 2.70. The van der Waals surface area contributed by atoms with Crippen LogP contribution >= 0.6 is 0 Å². The SMILES string of the molecule is CC(=O)c1ccc(CC=O)c2ccccc12. The van der Waals surface area contributed by atoms with Crippen LogP contribution in [-0.2, 0) is 11.2 Å². The van der Waals surface area contributed by atoms with Gasteiger partial charge >= 0.3 is 0 Å². The number of Topliss-reactive ketones (excluding diaryl/α,β-unsaturated/α-hetero) is 1. The molecule has 0 atom stereocenters. The second kappa shape index (κ2) is 4.27. The highest BCUT2D eigenvalue weighted by atomic mass is 16.1. The van der Waals surface area contributed by atoms with E-state index in [-0.39, 0.29) is 5.78 Å². The van der Waals surface area contributed by atoms with E-state index in [1.165, 1.54) is 0 Å². The van der Waals surface area contributed by atoms with Crippen molar-refractivity contribution in [1.29, 1.82) is 0 Å². The van der Waals surface area contributed by atoms with Crippen molar-refractivity contribution in [2.24, 2.45) is 0 Å². The minimum Gasteiger partial charge on any atom is -0.303 e. The molecule has 0 bridgehead atoms. The number of hydrogen-bond donors (Lipinski definition) is 0. The zero-order valence-electron chi connectivity index (χ0n) is 9.07. The Balaban J connectivity index is 2.76. The fourth-order valence-corrected chi connectivity index (χ4v) is 1.94. The quantitative estimate of drug-likeness (QED) is 0.579. The Labute approximate surface area is 93.9 Å². The van der Waals surface area contributed by atoms with Crippen molar-refractivity contribution < 1.29 is 9.59 Å². The van der Waals surface area contributed by atoms with E-state index in [0.717, 1.165) is 22.6 Å². The van der Waals surface area contributed by atoms with Crippen molar-refractivity contribution in [2.75, 3.05) is 0 Å². The molecule has 0 heterocycles. The lowest BCUT2D eigenvalue weighted by Gasteiger charge is -2.07. The van der Waals surface area contributed by atoms with Crippen LogP contribution in [0.2, 0.25) is 0 Å². The molecule has 0 N–H and O–H groups in total. The van der Waals surface area contributed by atoms with Gasteiger partial charge in [-0.15, -0.1) is 0 Å². The van der Waals surface area contributed by atoms with Crippen LogP contribution in [0.15, 0.2) is 36.4 Å². The van der Waals surface area contributed by atoms with Gasteiger partial charge in [0.05, 0.1) is 0 Å². The average molecular weight is 212 g/mol. The predicted octanol–water partition coefficient (Wildman–Crippen LogP) is 2.78. The summed E-state index contributed by atoms with van der Waals surface area (Å²) in [5.41, 5.74) is 1.68. The third kappa shape index (κ3) is 1.74. The summed E-state index contributed by atoms with van der Waals surface area (Å²) < 4.78 is 0. The van der Waals surface area contributed by atoms with Gasteiger partial charge in [-0.3, -0.25) is 4.79 Å². The maximum absolute atomic E-state index is 11.5. The number of carbonyl (C=O) groups excluding carboxylic acids is 2. The monoisotopic (exact) mass is 212 g/mol. The molecule has 0 aliphatic carbocycles. The van der Waals surface area contributed by atoms with Crippen molar-refractivity contribution >= 4 is 22.8 Å². The van der Waals surface area contributed by atoms with Gasteiger partial charge in [-0.05, 0) is 23.3 Å². The highest BCUT2D eigenvalue weighted by molar-refractivity contribution is 6.08. The molecule has 0 spiro atoms. The highest BCUT2D eigenvalue weighted by Gasteiger charge is 2.07. The largest absolute Gasteiger partial charge is 0.303 e. The van der Waals surface area contributed by atoms with E-state index in [0.29, 0.717) is 12.0 Å². The molecule has 2 aromatic carbocycles. The summed E-state index contributed by atoms with van der Waals surface area (Å²) in [5.74, 6) is 0.0499. The second-order valence-electron chi connectivity index (χ2n) is 3.74. The van der Waals surface area contributed by atoms with Crippen LogP contribution in [-0.4, -0.2) is 12.1 Å². The van der Waals surface area contributed by atoms with E-state index in [1.54, 1.807) is 13.0 Å². The van der Waals surface area contributed by atoms with E-state index in [1.807, 2.05) is 30.3 Å². The molecule has 0 aromatic heterocycles. The lowest BCUT2D eigenvalue weighted by atomic mass is 9.96. The molecule has 2 nitrogen and oxygen atoms in total. The predicted molar refractivity (Wildman–Crippen MR) is 63.7 cm³/mol. The smallest absolute Gasteiger partial charge is 0.160 e.